The van der Waals surface area contributed by atoms with E-state index in [9.17, 15) is 14.4 Å². The molecule has 0 saturated carbocycles. The lowest BCUT2D eigenvalue weighted by molar-refractivity contribution is -0.141. The van der Waals surface area contributed by atoms with Crippen LogP contribution in [0.5, 0.6) is 0 Å². The average Bonchev–Trinajstić information content (AvgIpc) is 3.79. The van der Waals surface area contributed by atoms with Gasteiger partial charge in [0.25, 0.3) is 0 Å². The van der Waals surface area contributed by atoms with E-state index in [2.05, 4.69) is 40.6 Å². The molecule has 50 heavy (non-hydrogen) atoms. The zero-order valence-electron chi connectivity index (χ0n) is 28.9. The summed E-state index contributed by atoms with van der Waals surface area (Å²) in [5.74, 6) is 0.484. The minimum absolute atomic E-state index is 0.00710. The first-order chi connectivity index (χ1) is 24.1. The van der Waals surface area contributed by atoms with Gasteiger partial charge in [-0.2, -0.15) is 0 Å². The Morgan fingerprint density at radius 2 is 1.76 bits per heavy atom. The summed E-state index contributed by atoms with van der Waals surface area (Å²) in [6.07, 6.45) is 5.75. The molecular weight excluding hydrogens is 630 g/mol. The predicted octanol–water partition coefficient (Wildman–Crippen LogP) is 5.78. The summed E-state index contributed by atoms with van der Waals surface area (Å²) >= 11 is 0. The van der Waals surface area contributed by atoms with E-state index in [1.165, 1.54) is 0 Å². The molecule has 1 aliphatic carbocycles. The number of hydrogen-bond acceptors (Lipinski definition) is 7. The number of likely N-dealkylation sites (tertiary alicyclic amines) is 1. The molecule has 2 aromatic heterocycles. The Balaban J connectivity index is 1.13. The molecule has 2 aromatic carbocycles. The highest BCUT2D eigenvalue weighted by molar-refractivity contribution is 6.06. The Bertz CT molecular complexity index is 1970. The molecule has 2 saturated heterocycles. The first-order valence-electron chi connectivity index (χ1n) is 17.7. The predicted molar refractivity (Wildman–Crippen MR) is 189 cm³/mol. The van der Waals surface area contributed by atoms with Gasteiger partial charge in [0.1, 0.15) is 11.4 Å². The second-order valence-corrected chi connectivity index (χ2v) is 15.3. The fraction of sp³-hybridized carbons (Fsp3) is 0.425. The second-order valence-electron chi connectivity index (χ2n) is 15.3. The third-order valence-electron chi connectivity index (χ3n) is 10.8. The smallest absolute Gasteiger partial charge is 0.410 e. The zero-order valence-corrected chi connectivity index (χ0v) is 28.9. The highest BCUT2D eigenvalue weighted by atomic mass is 16.6. The number of nitrogens with one attached hydrogen (secondary N) is 1. The van der Waals surface area contributed by atoms with Gasteiger partial charge in [-0.25, -0.2) is 9.78 Å². The van der Waals surface area contributed by atoms with Crippen LogP contribution in [0.2, 0.25) is 0 Å². The van der Waals surface area contributed by atoms with Gasteiger partial charge < -0.3 is 24.6 Å². The summed E-state index contributed by atoms with van der Waals surface area (Å²) in [5, 5.41) is 3.97. The largest absolute Gasteiger partial charge is 0.444 e. The molecule has 1 spiro atoms. The van der Waals surface area contributed by atoms with E-state index in [1.807, 2.05) is 62.2 Å². The molecule has 0 radical (unpaired) electrons. The summed E-state index contributed by atoms with van der Waals surface area (Å²) in [6.45, 7) is 7.92. The SMILES string of the molecule is CC(C)(C)OC(=O)N1CC(c2ccccc2)C(N(Cc2cnc3cc4c(cc3c2)C[C@@]2(C4)C(=O)Nc3ncccc32)C(=O)C2CCOCC2)C1. The number of benzene rings is 2. The van der Waals surface area contributed by atoms with E-state index in [4.69, 9.17) is 14.5 Å². The summed E-state index contributed by atoms with van der Waals surface area (Å²) in [5.41, 5.74) is 4.78. The van der Waals surface area contributed by atoms with Crippen LogP contribution in [0.1, 0.15) is 67.3 Å². The Labute approximate surface area is 292 Å². The van der Waals surface area contributed by atoms with Crippen molar-refractivity contribution in [2.24, 2.45) is 5.92 Å². The van der Waals surface area contributed by atoms with Crippen molar-refractivity contribution >= 4 is 34.6 Å². The van der Waals surface area contributed by atoms with Gasteiger partial charge in [0.05, 0.1) is 17.0 Å². The lowest BCUT2D eigenvalue weighted by Gasteiger charge is -2.36. The van der Waals surface area contributed by atoms with Crippen molar-refractivity contribution in [1.29, 1.82) is 0 Å². The molecule has 0 bridgehead atoms. The maximum Gasteiger partial charge on any atom is 0.410 e. The molecule has 4 aromatic rings. The topological polar surface area (TPSA) is 114 Å². The van der Waals surface area contributed by atoms with E-state index in [-0.39, 0.29) is 35.8 Å². The highest BCUT2D eigenvalue weighted by Crippen LogP contribution is 2.47. The van der Waals surface area contributed by atoms with Gasteiger partial charge in [-0.15, -0.1) is 0 Å². The van der Waals surface area contributed by atoms with Crippen LogP contribution >= 0.6 is 0 Å². The number of carbonyl (C=O) groups excluding carboxylic acids is 3. The van der Waals surface area contributed by atoms with Gasteiger partial charge in [0, 0.05) is 68.0 Å². The van der Waals surface area contributed by atoms with Gasteiger partial charge in [-0.1, -0.05) is 36.4 Å². The molecule has 10 heteroatoms. The Hall–Kier alpha value is -4.83. The number of rotatable bonds is 5. The molecular formula is C40H43N5O5. The third-order valence-corrected chi connectivity index (χ3v) is 10.8. The fourth-order valence-corrected chi connectivity index (χ4v) is 8.37. The van der Waals surface area contributed by atoms with E-state index in [1.54, 1.807) is 11.1 Å². The van der Waals surface area contributed by atoms with E-state index < -0.39 is 11.0 Å². The first kappa shape index (κ1) is 32.4. The lowest BCUT2D eigenvalue weighted by atomic mass is 9.79. The Morgan fingerprint density at radius 3 is 2.52 bits per heavy atom. The van der Waals surface area contributed by atoms with Crippen molar-refractivity contribution in [3.63, 3.8) is 0 Å². The van der Waals surface area contributed by atoms with Crippen LogP contribution in [-0.2, 0) is 43.9 Å². The highest BCUT2D eigenvalue weighted by Gasteiger charge is 2.51. The van der Waals surface area contributed by atoms with Crippen LogP contribution in [0.25, 0.3) is 10.9 Å². The maximum atomic E-state index is 14.5. The number of fused-ring (bicyclic) bond motifs is 4. The van der Waals surface area contributed by atoms with E-state index in [0.29, 0.717) is 64.3 Å². The molecule has 4 aliphatic rings. The molecule has 258 valence electrons. The monoisotopic (exact) mass is 673 g/mol. The summed E-state index contributed by atoms with van der Waals surface area (Å²) in [7, 11) is 0. The molecule has 3 atom stereocenters. The summed E-state index contributed by atoms with van der Waals surface area (Å²) in [4.78, 5) is 54.3. The van der Waals surface area contributed by atoms with Crippen molar-refractivity contribution in [1.82, 2.24) is 19.8 Å². The quantitative estimate of drug-likeness (QED) is 0.286. The van der Waals surface area contributed by atoms with Crippen molar-refractivity contribution in [3.8, 4) is 0 Å². The summed E-state index contributed by atoms with van der Waals surface area (Å²) in [6, 6.07) is 20.2. The van der Waals surface area contributed by atoms with Gasteiger partial charge in [-0.3, -0.25) is 14.6 Å². The van der Waals surface area contributed by atoms with Crippen LogP contribution in [0.3, 0.4) is 0 Å². The summed E-state index contributed by atoms with van der Waals surface area (Å²) < 4.78 is 11.4. The molecule has 10 nitrogen and oxygen atoms in total. The zero-order chi connectivity index (χ0) is 34.6. The first-order valence-corrected chi connectivity index (χ1v) is 17.7. The van der Waals surface area contributed by atoms with Crippen LogP contribution < -0.4 is 5.32 Å². The number of ether oxygens (including phenoxy) is 2. The van der Waals surface area contributed by atoms with Crippen LogP contribution in [0.15, 0.2) is 73.1 Å². The van der Waals surface area contributed by atoms with Crippen molar-refractivity contribution in [2.75, 3.05) is 31.6 Å². The van der Waals surface area contributed by atoms with Gasteiger partial charge in [0.15, 0.2) is 0 Å². The van der Waals surface area contributed by atoms with E-state index in [0.717, 1.165) is 38.7 Å². The number of aromatic nitrogens is 2. The normalized spacial score (nSPS) is 23.2. The molecule has 3 aliphatic heterocycles. The molecule has 8 rings (SSSR count). The standard InChI is InChI=1S/C40H43N5O5/c1-39(2,3)50-38(48)44-23-31(26-8-5-4-6-9-26)34(24-44)45(36(46)27-11-14-49-15-12-27)22-25-16-28-17-29-19-40(20-30(29)18-33(28)42-21-25)32-10-7-13-41-35(32)43-37(40)47/h4-10,13,16-18,21,27,31,34H,11-12,14-15,19-20,22-24H2,1-3H3,(H,41,43,47)/t31?,34?,40-/m0/s1. The second kappa shape index (κ2) is 12.5. The van der Waals surface area contributed by atoms with Gasteiger partial charge in [-0.05, 0) is 93.0 Å². The minimum atomic E-state index is -0.659. The number of hydrogen-bond donors (Lipinski definition) is 1. The molecule has 2 unspecified atom stereocenters. The maximum absolute atomic E-state index is 14.5. The average molecular weight is 674 g/mol. The van der Waals surface area contributed by atoms with Crippen LogP contribution in [0, 0.1) is 5.92 Å². The van der Waals surface area contributed by atoms with Crippen LogP contribution in [0.4, 0.5) is 10.6 Å². The lowest BCUT2D eigenvalue weighted by Crippen LogP contribution is -2.47. The third kappa shape index (κ3) is 5.89. The molecule has 5 heterocycles. The van der Waals surface area contributed by atoms with Gasteiger partial charge >= 0.3 is 6.09 Å². The number of amides is 3. The fourth-order valence-electron chi connectivity index (χ4n) is 8.37. The number of pyridine rings is 2. The Morgan fingerprint density at radius 1 is 1.00 bits per heavy atom. The Kier molecular flexibility index (Phi) is 8.09. The number of anilines is 1. The van der Waals surface area contributed by atoms with Gasteiger partial charge in [0.2, 0.25) is 11.8 Å². The van der Waals surface area contributed by atoms with Crippen LogP contribution in [-0.4, -0.2) is 75.6 Å². The molecule has 3 amide bonds. The van der Waals surface area contributed by atoms with Crippen molar-refractivity contribution in [3.05, 3.63) is 101 Å². The number of carbonyl (C=O) groups is 3. The molecule has 1 N–H and O–H groups in total. The minimum Gasteiger partial charge on any atom is -0.444 e. The number of nitrogens with zero attached hydrogens (tertiary/aromatic N) is 4. The molecule has 2 fully saturated rings. The van der Waals surface area contributed by atoms with E-state index >= 15 is 0 Å². The van der Waals surface area contributed by atoms with Crippen molar-refractivity contribution < 1.29 is 23.9 Å². The van der Waals surface area contributed by atoms with Crippen molar-refractivity contribution in [2.45, 2.75) is 76.0 Å².